The van der Waals surface area contributed by atoms with E-state index in [1.54, 1.807) is 4.68 Å². The summed E-state index contributed by atoms with van der Waals surface area (Å²) in [5, 5.41) is 15.5. The highest BCUT2D eigenvalue weighted by Crippen LogP contribution is 2.27. The third-order valence-corrected chi connectivity index (χ3v) is 5.39. The van der Waals surface area contributed by atoms with E-state index in [4.69, 9.17) is 0 Å². The number of para-hydroxylation sites is 1. The Morgan fingerprint density at radius 2 is 1.77 bits per heavy atom. The third-order valence-electron chi connectivity index (χ3n) is 3.74. The minimum absolute atomic E-state index is 0.141. The average Bonchev–Trinajstić information content (AvgIpc) is 3.23. The fourth-order valence-corrected chi connectivity index (χ4v) is 3.62. The van der Waals surface area contributed by atoms with E-state index in [0.717, 1.165) is 21.5 Å². The second-order valence-electron chi connectivity index (χ2n) is 5.49. The van der Waals surface area contributed by atoms with E-state index in [-0.39, 0.29) is 5.56 Å². The first kappa shape index (κ1) is 16.8. The summed E-state index contributed by atoms with van der Waals surface area (Å²) in [7, 11) is 0. The summed E-state index contributed by atoms with van der Waals surface area (Å²) in [6.07, 6.45) is 0. The molecule has 9 heteroatoms. The van der Waals surface area contributed by atoms with Gasteiger partial charge in [0.1, 0.15) is 4.90 Å². The highest BCUT2D eigenvalue weighted by Gasteiger charge is 2.18. The average molecular weight is 429 g/mol. The first-order valence-electron chi connectivity index (χ1n) is 7.73. The highest BCUT2D eigenvalue weighted by molar-refractivity contribution is 9.10. The summed E-state index contributed by atoms with van der Waals surface area (Å²) in [5.74, 6) is 0. The number of tetrazole rings is 1. The zero-order valence-corrected chi connectivity index (χ0v) is 16.0. The number of hydrogen-bond donors (Lipinski definition) is 1. The van der Waals surface area contributed by atoms with Crippen molar-refractivity contribution in [3.8, 4) is 11.4 Å². The fraction of sp³-hybridized carbons (Fsp3) is 0.0588. The Kier molecular flexibility index (Phi) is 4.48. The van der Waals surface area contributed by atoms with Crippen LogP contribution >= 0.6 is 27.7 Å². The van der Waals surface area contributed by atoms with Gasteiger partial charge in [-0.05, 0) is 65.5 Å². The Morgan fingerprint density at radius 3 is 2.50 bits per heavy atom. The van der Waals surface area contributed by atoms with Crippen molar-refractivity contribution in [2.24, 2.45) is 0 Å². The monoisotopic (exact) mass is 428 g/mol. The maximum Gasteiger partial charge on any atom is 0.285 e. The molecule has 0 aliphatic carbocycles. The van der Waals surface area contributed by atoms with Crippen molar-refractivity contribution in [3.05, 3.63) is 75.1 Å². The molecule has 0 bridgehead atoms. The summed E-state index contributed by atoms with van der Waals surface area (Å²) in [6, 6.07) is 17.1. The molecule has 0 aliphatic rings. The zero-order chi connectivity index (χ0) is 18.1. The van der Waals surface area contributed by atoms with Crippen LogP contribution in [0.1, 0.15) is 5.69 Å². The molecule has 0 unspecified atom stereocenters. The van der Waals surface area contributed by atoms with Crippen LogP contribution < -0.4 is 5.56 Å². The van der Waals surface area contributed by atoms with Crippen LogP contribution in [0.25, 0.3) is 11.4 Å². The summed E-state index contributed by atoms with van der Waals surface area (Å²) in [5.41, 5.74) is 2.21. The van der Waals surface area contributed by atoms with Crippen LogP contribution in [0.15, 0.2) is 73.9 Å². The molecule has 2 heterocycles. The molecule has 4 rings (SSSR count). The second kappa shape index (κ2) is 6.93. The van der Waals surface area contributed by atoms with E-state index in [2.05, 4.69) is 36.6 Å². The molecule has 0 radical (unpaired) electrons. The molecule has 2 aromatic heterocycles. The number of nitrogens with one attached hydrogen (secondary N) is 1. The molecular formula is C17H13BrN6OS. The van der Waals surface area contributed by atoms with Gasteiger partial charge in [0.05, 0.1) is 11.4 Å². The van der Waals surface area contributed by atoms with Crippen LogP contribution in [0, 0.1) is 6.92 Å². The second-order valence-corrected chi connectivity index (χ2v) is 7.39. The molecule has 7 nitrogen and oxygen atoms in total. The van der Waals surface area contributed by atoms with Gasteiger partial charge in [-0.1, -0.05) is 34.1 Å². The van der Waals surface area contributed by atoms with Gasteiger partial charge < -0.3 is 0 Å². The van der Waals surface area contributed by atoms with Crippen LogP contribution in [0.5, 0.6) is 0 Å². The Hall–Kier alpha value is -2.65. The lowest BCUT2D eigenvalue weighted by Gasteiger charge is -2.02. The van der Waals surface area contributed by atoms with Gasteiger partial charge in [-0.25, -0.2) is 4.68 Å². The molecule has 0 fully saturated rings. The Labute approximate surface area is 161 Å². The minimum Gasteiger partial charge on any atom is -0.294 e. The predicted octanol–water partition coefficient (Wildman–Crippen LogP) is 3.36. The van der Waals surface area contributed by atoms with Crippen molar-refractivity contribution >= 4 is 27.7 Å². The van der Waals surface area contributed by atoms with Crippen LogP contribution in [0.2, 0.25) is 0 Å². The lowest BCUT2D eigenvalue weighted by Crippen LogP contribution is -2.15. The molecule has 0 saturated heterocycles. The standard InChI is InChI=1S/C17H13BrN6OS/c1-11-15(16(25)23(20-11)14-9-7-12(18)8-10-14)26-17-19-21-22-24(17)13-5-3-2-4-6-13/h2-10,20H,1H3. The third kappa shape index (κ3) is 3.11. The van der Waals surface area contributed by atoms with E-state index in [1.165, 1.54) is 16.4 Å². The lowest BCUT2D eigenvalue weighted by atomic mass is 10.3. The smallest absolute Gasteiger partial charge is 0.285 e. The summed E-state index contributed by atoms with van der Waals surface area (Å²) < 4.78 is 4.08. The maximum atomic E-state index is 12.9. The number of benzene rings is 2. The van der Waals surface area contributed by atoms with Gasteiger partial charge in [0.2, 0.25) is 5.16 Å². The molecule has 0 amide bonds. The number of nitrogens with zero attached hydrogens (tertiary/aromatic N) is 5. The predicted molar refractivity (Wildman–Crippen MR) is 102 cm³/mol. The molecule has 2 aromatic carbocycles. The van der Waals surface area contributed by atoms with Crippen LogP contribution in [-0.2, 0) is 0 Å². The molecule has 0 atom stereocenters. The van der Waals surface area contributed by atoms with Crippen molar-refractivity contribution in [1.82, 2.24) is 30.0 Å². The minimum atomic E-state index is -0.141. The van der Waals surface area contributed by atoms with Gasteiger partial charge in [0.15, 0.2) is 0 Å². The number of rotatable bonds is 4. The maximum absolute atomic E-state index is 12.9. The Bertz CT molecular complexity index is 1100. The van der Waals surface area contributed by atoms with Gasteiger partial charge in [-0.3, -0.25) is 9.89 Å². The molecule has 4 aromatic rings. The molecule has 0 spiro atoms. The fourth-order valence-electron chi connectivity index (χ4n) is 2.49. The van der Waals surface area contributed by atoms with Crippen molar-refractivity contribution in [1.29, 1.82) is 0 Å². The van der Waals surface area contributed by atoms with Gasteiger partial charge >= 0.3 is 0 Å². The van der Waals surface area contributed by atoms with E-state index in [9.17, 15) is 4.79 Å². The van der Waals surface area contributed by atoms with Crippen molar-refractivity contribution < 1.29 is 0 Å². The number of halogens is 1. The number of aromatic nitrogens is 6. The topological polar surface area (TPSA) is 81.4 Å². The Balaban J connectivity index is 1.72. The van der Waals surface area contributed by atoms with Crippen LogP contribution in [0.4, 0.5) is 0 Å². The number of aromatic amines is 1. The first-order valence-corrected chi connectivity index (χ1v) is 9.33. The van der Waals surface area contributed by atoms with Crippen LogP contribution in [0.3, 0.4) is 0 Å². The summed E-state index contributed by atoms with van der Waals surface area (Å²) in [4.78, 5) is 13.4. The number of H-pyrrole nitrogens is 1. The normalized spacial score (nSPS) is 11.0. The SMILES string of the molecule is Cc1[nH]n(-c2ccc(Br)cc2)c(=O)c1Sc1nnnn1-c1ccccc1. The molecule has 26 heavy (non-hydrogen) atoms. The molecule has 130 valence electrons. The molecule has 1 N–H and O–H groups in total. The van der Waals surface area contributed by atoms with Gasteiger partial charge in [-0.2, -0.15) is 4.68 Å². The largest absolute Gasteiger partial charge is 0.294 e. The van der Waals surface area contributed by atoms with E-state index in [1.807, 2.05) is 61.5 Å². The lowest BCUT2D eigenvalue weighted by molar-refractivity contribution is 0.756. The van der Waals surface area contributed by atoms with E-state index < -0.39 is 0 Å². The van der Waals surface area contributed by atoms with Crippen molar-refractivity contribution in [2.45, 2.75) is 17.0 Å². The van der Waals surface area contributed by atoms with Gasteiger partial charge in [0, 0.05) is 10.2 Å². The molecular weight excluding hydrogens is 416 g/mol. The highest BCUT2D eigenvalue weighted by atomic mass is 79.9. The van der Waals surface area contributed by atoms with E-state index >= 15 is 0 Å². The number of aryl methyl sites for hydroxylation is 1. The summed E-state index contributed by atoms with van der Waals surface area (Å²) in [6.45, 7) is 1.86. The zero-order valence-electron chi connectivity index (χ0n) is 13.6. The van der Waals surface area contributed by atoms with Crippen molar-refractivity contribution in [2.75, 3.05) is 0 Å². The Morgan fingerprint density at radius 1 is 1.04 bits per heavy atom. The van der Waals surface area contributed by atoms with Crippen LogP contribution in [-0.4, -0.2) is 30.0 Å². The quantitative estimate of drug-likeness (QED) is 0.538. The van der Waals surface area contributed by atoms with Gasteiger partial charge in [0.25, 0.3) is 5.56 Å². The molecule has 0 saturated carbocycles. The first-order chi connectivity index (χ1) is 12.6. The van der Waals surface area contributed by atoms with Crippen molar-refractivity contribution in [3.63, 3.8) is 0 Å². The van der Waals surface area contributed by atoms with E-state index in [0.29, 0.717) is 10.1 Å². The van der Waals surface area contributed by atoms with Gasteiger partial charge in [-0.15, -0.1) is 5.10 Å². The molecule has 0 aliphatic heterocycles. The number of hydrogen-bond acceptors (Lipinski definition) is 5. The summed E-state index contributed by atoms with van der Waals surface area (Å²) >= 11 is 4.64.